The molecule has 2 amide bonds. The lowest BCUT2D eigenvalue weighted by molar-refractivity contribution is -0.126. The number of ether oxygens (including phenoxy) is 1. The molecule has 0 aromatic rings. The van der Waals surface area contributed by atoms with Crippen LogP contribution in [0.25, 0.3) is 0 Å². The second kappa shape index (κ2) is 6.61. The van der Waals surface area contributed by atoms with E-state index in [4.69, 9.17) is 0 Å². The first-order valence-corrected chi connectivity index (χ1v) is 6.28. The second-order valence-electron chi connectivity index (χ2n) is 5.72. The maximum absolute atomic E-state index is 12.2. The van der Waals surface area contributed by atoms with Crippen LogP contribution in [-0.4, -0.2) is 30.7 Å². The van der Waals surface area contributed by atoms with Crippen LogP contribution in [0.2, 0.25) is 0 Å². The molecule has 0 saturated carbocycles. The van der Waals surface area contributed by atoms with Gasteiger partial charge in [0.05, 0.1) is 7.11 Å². The lowest BCUT2D eigenvalue weighted by Crippen LogP contribution is -2.56. The zero-order chi connectivity index (χ0) is 14.5. The SMILES string of the molecule is COC(=O)NC(C(=O)NC(C)(C)C(C)C)C(C)C. The van der Waals surface area contributed by atoms with Gasteiger partial charge in [-0.1, -0.05) is 27.7 Å². The summed E-state index contributed by atoms with van der Waals surface area (Å²) in [4.78, 5) is 23.4. The fourth-order valence-electron chi connectivity index (χ4n) is 1.26. The highest BCUT2D eigenvalue weighted by atomic mass is 16.5. The maximum atomic E-state index is 12.2. The molecule has 0 spiro atoms. The first kappa shape index (κ1) is 16.7. The average molecular weight is 258 g/mol. The second-order valence-corrected chi connectivity index (χ2v) is 5.72. The van der Waals surface area contributed by atoms with Crippen LogP contribution in [0.3, 0.4) is 0 Å². The number of nitrogens with one attached hydrogen (secondary N) is 2. The van der Waals surface area contributed by atoms with Crippen molar-refractivity contribution in [1.29, 1.82) is 0 Å². The van der Waals surface area contributed by atoms with Crippen molar-refractivity contribution in [3.63, 3.8) is 0 Å². The van der Waals surface area contributed by atoms with Gasteiger partial charge in [0.1, 0.15) is 6.04 Å². The summed E-state index contributed by atoms with van der Waals surface area (Å²) in [5.41, 5.74) is -0.317. The Morgan fingerprint density at radius 3 is 1.94 bits per heavy atom. The summed E-state index contributed by atoms with van der Waals surface area (Å²) in [6.07, 6.45) is -0.591. The third kappa shape index (κ3) is 4.94. The summed E-state index contributed by atoms with van der Waals surface area (Å²) in [7, 11) is 1.28. The molecular weight excluding hydrogens is 232 g/mol. The number of hydrogen-bond donors (Lipinski definition) is 2. The largest absolute Gasteiger partial charge is 0.453 e. The lowest BCUT2D eigenvalue weighted by atomic mass is 9.90. The van der Waals surface area contributed by atoms with Gasteiger partial charge >= 0.3 is 6.09 Å². The van der Waals surface area contributed by atoms with Crippen LogP contribution >= 0.6 is 0 Å². The van der Waals surface area contributed by atoms with Crippen LogP contribution < -0.4 is 10.6 Å². The molecule has 0 saturated heterocycles. The van der Waals surface area contributed by atoms with Gasteiger partial charge in [0.25, 0.3) is 0 Å². The van der Waals surface area contributed by atoms with Gasteiger partial charge in [0.15, 0.2) is 0 Å². The van der Waals surface area contributed by atoms with E-state index in [1.807, 2.05) is 41.5 Å². The topological polar surface area (TPSA) is 67.4 Å². The minimum absolute atomic E-state index is 0.00735. The van der Waals surface area contributed by atoms with E-state index in [0.29, 0.717) is 5.92 Å². The highest BCUT2D eigenvalue weighted by Crippen LogP contribution is 2.16. The normalized spacial score (nSPS) is 13.4. The number of carbonyl (C=O) groups excluding carboxylic acids is 2. The van der Waals surface area contributed by atoms with Gasteiger partial charge < -0.3 is 15.4 Å². The minimum Gasteiger partial charge on any atom is -0.453 e. The third-order valence-electron chi connectivity index (χ3n) is 3.30. The number of hydrogen-bond acceptors (Lipinski definition) is 3. The van der Waals surface area contributed by atoms with E-state index >= 15 is 0 Å². The summed E-state index contributed by atoms with van der Waals surface area (Å²) < 4.78 is 4.53. The summed E-state index contributed by atoms with van der Waals surface area (Å²) in [5, 5.41) is 5.51. The van der Waals surface area contributed by atoms with Gasteiger partial charge in [0.2, 0.25) is 5.91 Å². The van der Waals surface area contributed by atoms with Crippen molar-refractivity contribution in [1.82, 2.24) is 10.6 Å². The Hall–Kier alpha value is -1.26. The van der Waals surface area contributed by atoms with E-state index in [2.05, 4.69) is 15.4 Å². The van der Waals surface area contributed by atoms with Crippen molar-refractivity contribution in [2.75, 3.05) is 7.11 Å². The maximum Gasteiger partial charge on any atom is 0.407 e. The molecule has 1 atom stereocenters. The Bertz CT molecular complexity index is 299. The average Bonchev–Trinajstić information content (AvgIpc) is 2.23. The molecule has 106 valence electrons. The Morgan fingerprint density at radius 2 is 1.61 bits per heavy atom. The number of rotatable bonds is 5. The van der Waals surface area contributed by atoms with E-state index in [-0.39, 0.29) is 17.4 Å². The third-order valence-corrected chi connectivity index (χ3v) is 3.30. The quantitative estimate of drug-likeness (QED) is 0.791. The molecule has 2 N–H and O–H groups in total. The monoisotopic (exact) mass is 258 g/mol. The Kier molecular flexibility index (Phi) is 6.15. The van der Waals surface area contributed by atoms with Gasteiger partial charge in [-0.3, -0.25) is 4.79 Å². The van der Waals surface area contributed by atoms with E-state index in [0.717, 1.165) is 0 Å². The number of carbonyl (C=O) groups is 2. The molecule has 0 aromatic heterocycles. The van der Waals surface area contributed by atoms with E-state index in [1.54, 1.807) is 0 Å². The van der Waals surface area contributed by atoms with Crippen LogP contribution in [-0.2, 0) is 9.53 Å². The van der Waals surface area contributed by atoms with Crippen molar-refractivity contribution in [3.8, 4) is 0 Å². The molecule has 0 aliphatic rings. The van der Waals surface area contributed by atoms with Crippen molar-refractivity contribution >= 4 is 12.0 Å². The standard InChI is InChI=1S/C13H26N2O3/c1-8(2)10(14-12(17)18-7)11(16)15-13(5,6)9(3)4/h8-10H,1-7H3,(H,14,17)(H,15,16). The molecule has 0 rings (SSSR count). The van der Waals surface area contributed by atoms with Crippen molar-refractivity contribution in [2.24, 2.45) is 11.8 Å². The Labute approximate surface area is 110 Å². The zero-order valence-corrected chi connectivity index (χ0v) is 12.5. The summed E-state index contributed by atoms with van der Waals surface area (Å²) in [6.45, 7) is 11.8. The zero-order valence-electron chi connectivity index (χ0n) is 12.5. The number of methoxy groups -OCH3 is 1. The van der Waals surface area contributed by atoms with Crippen molar-refractivity contribution in [3.05, 3.63) is 0 Å². The van der Waals surface area contributed by atoms with Gasteiger partial charge in [-0.05, 0) is 25.7 Å². The number of alkyl carbamates (subject to hydrolysis) is 1. The van der Waals surface area contributed by atoms with Crippen LogP contribution in [0.4, 0.5) is 4.79 Å². The smallest absolute Gasteiger partial charge is 0.407 e. The van der Waals surface area contributed by atoms with Gasteiger partial charge in [-0.2, -0.15) is 0 Å². The molecule has 0 radical (unpaired) electrons. The minimum atomic E-state index is -0.591. The van der Waals surface area contributed by atoms with Crippen molar-refractivity contribution < 1.29 is 14.3 Å². The van der Waals surface area contributed by atoms with Crippen LogP contribution in [0.5, 0.6) is 0 Å². The van der Waals surface area contributed by atoms with Gasteiger partial charge in [0, 0.05) is 5.54 Å². The van der Waals surface area contributed by atoms with Gasteiger partial charge in [-0.25, -0.2) is 4.79 Å². The van der Waals surface area contributed by atoms with E-state index in [1.165, 1.54) is 7.11 Å². The summed E-state index contributed by atoms with van der Waals surface area (Å²) in [6, 6.07) is -0.588. The van der Waals surface area contributed by atoms with Crippen LogP contribution in [0.15, 0.2) is 0 Å². The molecular formula is C13H26N2O3. The van der Waals surface area contributed by atoms with E-state index < -0.39 is 12.1 Å². The molecule has 5 nitrogen and oxygen atoms in total. The Morgan fingerprint density at radius 1 is 1.11 bits per heavy atom. The molecule has 0 heterocycles. The van der Waals surface area contributed by atoms with Gasteiger partial charge in [-0.15, -0.1) is 0 Å². The molecule has 18 heavy (non-hydrogen) atoms. The molecule has 0 bridgehead atoms. The highest BCUT2D eigenvalue weighted by Gasteiger charge is 2.30. The molecule has 1 unspecified atom stereocenters. The highest BCUT2D eigenvalue weighted by molar-refractivity contribution is 5.86. The lowest BCUT2D eigenvalue weighted by Gasteiger charge is -2.33. The molecule has 0 aromatic carbocycles. The first-order valence-electron chi connectivity index (χ1n) is 6.28. The fourth-order valence-corrected chi connectivity index (χ4v) is 1.26. The number of amides is 2. The summed E-state index contributed by atoms with van der Waals surface area (Å²) >= 11 is 0. The van der Waals surface area contributed by atoms with E-state index in [9.17, 15) is 9.59 Å². The molecule has 0 aliphatic carbocycles. The molecule has 0 aliphatic heterocycles. The van der Waals surface area contributed by atoms with Crippen LogP contribution in [0.1, 0.15) is 41.5 Å². The fraction of sp³-hybridized carbons (Fsp3) is 0.846. The predicted molar refractivity (Wildman–Crippen MR) is 71.2 cm³/mol. The van der Waals surface area contributed by atoms with Crippen LogP contribution in [0, 0.1) is 11.8 Å². The molecule has 0 fully saturated rings. The Balaban J connectivity index is 4.73. The molecule has 5 heteroatoms. The summed E-state index contributed by atoms with van der Waals surface area (Å²) in [5.74, 6) is 0.105. The van der Waals surface area contributed by atoms with Crippen molar-refractivity contribution in [2.45, 2.75) is 53.1 Å². The first-order chi connectivity index (χ1) is 8.11. The predicted octanol–water partition coefficient (Wildman–Crippen LogP) is 1.92.